The van der Waals surface area contributed by atoms with Crippen molar-refractivity contribution in [2.24, 2.45) is 0 Å². The molecule has 2 atom stereocenters. The van der Waals surface area contributed by atoms with E-state index in [0.29, 0.717) is 19.6 Å². The quantitative estimate of drug-likeness (QED) is 0.473. The van der Waals surface area contributed by atoms with E-state index in [-0.39, 0.29) is 6.10 Å². The van der Waals surface area contributed by atoms with Gasteiger partial charge in [-0.25, -0.2) is 4.79 Å². The van der Waals surface area contributed by atoms with Gasteiger partial charge in [-0.05, 0) is 37.1 Å². The fourth-order valence-electron chi connectivity index (χ4n) is 2.69. The van der Waals surface area contributed by atoms with Crippen LogP contribution in [0.1, 0.15) is 50.3 Å². The monoisotopic (exact) mass is 346 g/mol. The Labute approximate surface area is 140 Å². The first-order chi connectivity index (χ1) is 10.6. The molecule has 124 valence electrons. The van der Waals surface area contributed by atoms with E-state index in [4.69, 9.17) is 21.1 Å². The van der Waals surface area contributed by atoms with Gasteiger partial charge in [0.25, 0.3) is 0 Å². The lowest BCUT2D eigenvalue weighted by Crippen LogP contribution is -2.26. The number of carboxylic acids is 1. The van der Waals surface area contributed by atoms with Crippen LogP contribution in [0.3, 0.4) is 0 Å². The van der Waals surface area contributed by atoms with Gasteiger partial charge in [-0.3, -0.25) is 0 Å². The van der Waals surface area contributed by atoms with Crippen LogP contribution in [0.5, 0.6) is 0 Å². The molecule has 0 spiro atoms. The summed E-state index contributed by atoms with van der Waals surface area (Å²) in [6, 6.07) is 1.88. The summed E-state index contributed by atoms with van der Waals surface area (Å²) in [4.78, 5) is 12.3. The second-order valence-corrected chi connectivity index (χ2v) is 7.03. The third kappa shape index (κ3) is 4.44. The fraction of sp³-hybridized carbons (Fsp3) is 0.688. The van der Waals surface area contributed by atoms with Crippen LogP contribution in [-0.4, -0.2) is 29.4 Å². The molecule has 4 nitrogen and oxygen atoms in total. The Balaban J connectivity index is 1.50. The molecule has 2 heterocycles. The molecule has 0 bridgehead atoms. The molecule has 1 N–H and O–H groups in total. The number of hydrogen-bond donors (Lipinski definition) is 1. The van der Waals surface area contributed by atoms with E-state index < -0.39 is 11.6 Å². The molecule has 1 aliphatic heterocycles. The summed E-state index contributed by atoms with van der Waals surface area (Å²) in [7, 11) is 0. The Kier molecular flexibility index (Phi) is 6.68. The van der Waals surface area contributed by atoms with Crippen LogP contribution >= 0.6 is 22.9 Å². The first-order valence-corrected chi connectivity index (χ1v) is 9.06. The van der Waals surface area contributed by atoms with Gasteiger partial charge in [-0.2, -0.15) is 0 Å². The highest BCUT2D eigenvalue weighted by Crippen LogP contribution is 2.43. The summed E-state index contributed by atoms with van der Waals surface area (Å²) in [5.74, 6) is -0.810. The molecule has 2 rings (SSSR count). The van der Waals surface area contributed by atoms with Crippen LogP contribution in [-0.2, 0) is 20.9 Å². The van der Waals surface area contributed by atoms with Crippen molar-refractivity contribution in [1.82, 2.24) is 0 Å². The maximum atomic E-state index is 11.2. The van der Waals surface area contributed by atoms with E-state index in [1.54, 1.807) is 11.3 Å². The number of epoxide rings is 1. The van der Waals surface area contributed by atoms with Gasteiger partial charge in [0.05, 0.1) is 17.7 Å². The number of unbranched alkanes of at least 4 members (excludes halogenated alkanes) is 3. The van der Waals surface area contributed by atoms with Gasteiger partial charge in [-0.1, -0.05) is 31.4 Å². The van der Waals surface area contributed by atoms with Crippen molar-refractivity contribution >= 4 is 28.9 Å². The van der Waals surface area contributed by atoms with Gasteiger partial charge >= 0.3 is 5.97 Å². The SMILES string of the molecule is CCC1OC1(CCCCCCOCc1sccc1Cl)C(=O)O. The molecule has 0 radical (unpaired) electrons. The molecule has 1 fully saturated rings. The molecule has 6 heteroatoms. The average Bonchev–Trinajstić information content (AvgIpc) is 3.09. The van der Waals surface area contributed by atoms with Gasteiger partial charge in [-0.15, -0.1) is 11.3 Å². The molecule has 1 aliphatic rings. The Morgan fingerprint density at radius 3 is 2.82 bits per heavy atom. The van der Waals surface area contributed by atoms with Crippen LogP contribution in [0.15, 0.2) is 11.4 Å². The lowest BCUT2D eigenvalue weighted by molar-refractivity contribution is -0.143. The first-order valence-electron chi connectivity index (χ1n) is 7.81. The Morgan fingerprint density at radius 1 is 1.45 bits per heavy atom. The number of aliphatic carboxylic acids is 1. The third-order valence-electron chi connectivity index (χ3n) is 4.06. The number of carboxylic acid groups (broad SMARTS) is 1. The normalized spacial score (nSPS) is 23.6. The number of rotatable bonds is 11. The topological polar surface area (TPSA) is 59.1 Å². The molecule has 0 saturated carbocycles. The van der Waals surface area contributed by atoms with Gasteiger partial charge < -0.3 is 14.6 Å². The lowest BCUT2D eigenvalue weighted by atomic mass is 9.96. The second kappa shape index (κ2) is 8.29. The van der Waals surface area contributed by atoms with Crippen LogP contribution in [0, 0.1) is 0 Å². The summed E-state index contributed by atoms with van der Waals surface area (Å²) >= 11 is 7.60. The fourth-order valence-corrected chi connectivity index (χ4v) is 3.71. The van der Waals surface area contributed by atoms with Crippen molar-refractivity contribution in [2.75, 3.05) is 6.61 Å². The molecular formula is C16H23ClO4S. The van der Waals surface area contributed by atoms with Crippen LogP contribution < -0.4 is 0 Å². The highest BCUT2D eigenvalue weighted by atomic mass is 35.5. The molecule has 1 aromatic heterocycles. The highest BCUT2D eigenvalue weighted by Gasteiger charge is 2.61. The number of ether oxygens (including phenoxy) is 2. The van der Waals surface area contributed by atoms with Crippen LogP contribution in [0.2, 0.25) is 5.02 Å². The van der Waals surface area contributed by atoms with Crippen molar-refractivity contribution in [1.29, 1.82) is 0 Å². The van der Waals surface area contributed by atoms with Crippen molar-refractivity contribution in [3.8, 4) is 0 Å². The Morgan fingerprint density at radius 2 is 2.23 bits per heavy atom. The van der Waals surface area contributed by atoms with Crippen LogP contribution in [0.4, 0.5) is 0 Å². The molecule has 2 unspecified atom stereocenters. The minimum Gasteiger partial charge on any atom is -0.479 e. The zero-order valence-electron chi connectivity index (χ0n) is 12.8. The van der Waals surface area contributed by atoms with Gasteiger partial charge in [0, 0.05) is 11.5 Å². The third-order valence-corrected chi connectivity index (χ3v) is 5.42. The molecule has 0 aliphatic carbocycles. The second-order valence-electron chi connectivity index (χ2n) is 5.62. The van der Waals surface area contributed by atoms with E-state index in [0.717, 1.165) is 42.0 Å². The smallest absolute Gasteiger partial charge is 0.338 e. The largest absolute Gasteiger partial charge is 0.479 e. The zero-order valence-corrected chi connectivity index (χ0v) is 14.4. The van der Waals surface area contributed by atoms with Crippen molar-refractivity contribution in [3.05, 3.63) is 21.3 Å². The molecule has 1 aromatic rings. The van der Waals surface area contributed by atoms with Gasteiger partial charge in [0.1, 0.15) is 0 Å². The molecule has 0 amide bonds. The molecule has 22 heavy (non-hydrogen) atoms. The lowest BCUT2D eigenvalue weighted by Gasteiger charge is -2.07. The summed E-state index contributed by atoms with van der Waals surface area (Å²) in [5.41, 5.74) is -0.888. The van der Waals surface area contributed by atoms with Gasteiger partial charge in [0.15, 0.2) is 5.60 Å². The first kappa shape index (κ1) is 17.7. The number of carbonyl (C=O) groups is 1. The van der Waals surface area contributed by atoms with E-state index in [1.165, 1.54) is 0 Å². The van der Waals surface area contributed by atoms with Crippen LogP contribution in [0.25, 0.3) is 0 Å². The van der Waals surface area contributed by atoms with Gasteiger partial charge in [0.2, 0.25) is 0 Å². The summed E-state index contributed by atoms with van der Waals surface area (Å²) in [6.45, 7) is 3.25. The maximum Gasteiger partial charge on any atom is 0.338 e. The maximum absolute atomic E-state index is 11.2. The van der Waals surface area contributed by atoms with Crippen molar-refractivity contribution < 1.29 is 19.4 Å². The summed E-state index contributed by atoms with van der Waals surface area (Å²) in [5, 5.41) is 12.0. The standard InChI is InChI=1S/C16H23ClO4S/c1-2-14-16(21-14,15(18)19)8-5-3-4-6-9-20-11-13-12(17)7-10-22-13/h7,10,14H,2-6,8-9,11H2,1H3,(H,18,19). The van der Waals surface area contributed by atoms with Crippen molar-refractivity contribution in [3.63, 3.8) is 0 Å². The number of halogens is 1. The molecule has 1 saturated heterocycles. The van der Waals surface area contributed by atoms with E-state index in [9.17, 15) is 9.90 Å². The Bertz CT molecular complexity index is 490. The Hall–Kier alpha value is -0.620. The zero-order chi connectivity index (χ0) is 16.0. The average molecular weight is 347 g/mol. The van der Waals surface area contributed by atoms with Crippen molar-refractivity contribution in [2.45, 2.75) is 63.8 Å². The minimum atomic E-state index is -0.888. The predicted octanol–water partition coefficient (Wildman–Crippen LogP) is 4.50. The summed E-state index contributed by atoms with van der Waals surface area (Å²) < 4.78 is 11.0. The van der Waals surface area contributed by atoms with E-state index in [2.05, 4.69) is 0 Å². The van der Waals surface area contributed by atoms with E-state index in [1.807, 2.05) is 18.4 Å². The number of thiophene rings is 1. The molecule has 0 aromatic carbocycles. The van der Waals surface area contributed by atoms with E-state index >= 15 is 0 Å². The summed E-state index contributed by atoms with van der Waals surface area (Å²) in [6.07, 6.45) is 5.23. The minimum absolute atomic E-state index is 0.0936. The highest BCUT2D eigenvalue weighted by molar-refractivity contribution is 7.10. The predicted molar refractivity (Wildman–Crippen MR) is 87.6 cm³/mol. The molecular weight excluding hydrogens is 324 g/mol. The number of hydrogen-bond acceptors (Lipinski definition) is 4.